The fraction of sp³-hybridized carbons (Fsp3) is 0.182. The fourth-order valence-electron chi connectivity index (χ4n) is 3.58. The number of hydrogen-bond donors (Lipinski definition) is 1. The third-order valence-corrected chi connectivity index (χ3v) is 5.92. The molecule has 4 aromatic rings. The Hall–Kier alpha value is -3.16. The summed E-state index contributed by atoms with van der Waals surface area (Å²) in [6.07, 6.45) is 4.50. The molecule has 0 saturated heterocycles. The number of H-pyrrole nitrogens is 1. The van der Waals surface area contributed by atoms with Crippen LogP contribution < -0.4 is 5.56 Å². The third kappa shape index (κ3) is 3.74. The highest BCUT2D eigenvalue weighted by Crippen LogP contribution is 2.23. The smallest absolute Gasteiger partial charge is 0.255 e. The van der Waals surface area contributed by atoms with Gasteiger partial charge in [-0.05, 0) is 11.4 Å². The highest BCUT2D eigenvalue weighted by Gasteiger charge is 2.22. The predicted molar refractivity (Wildman–Crippen MR) is 113 cm³/mol. The molecule has 29 heavy (non-hydrogen) atoms. The number of nitrogens with zero attached hydrogens (tertiary/aromatic N) is 4. The van der Waals surface area contributed by atoms with Crippen molar-refractivity contribution < 1.29 is 0 Å². The van der Waals surface area contributed by atoms with Crippen molar-refractivity contribution in [1.29, 1.82) is 0 Å². The van der Waals surface area contributed by atoms with Crippen molar-refractivity contribution in [3.8, 4) is 22.1 Å². The van der Waals surface area contributed by atoms with Crippen LogP contribution >= 0.6 is 11.3 Å². The van der Waals surface area contributed by atoms with Gasteiger partial charge < -0.3 is 4.98 Å². The Morgan fingerprint density at radius 2 is 1.90 bits per heavy atom. The Morgan fingerprint density at radius 1 is 1.07 bits per heavy atom. The zero-order chi connectivity index (χ0) is 19.6. The highest BCUT2D eigenvalue weighted by molar-refractivity contribution is 7.13. The summed E-state index contributed by atoms with van der Waals surface area (Å²) >= 11 is 1.58. The van der Waals surface area contributed by atoms with Crippen LogP contribution in [0.2, 0.25) is 0 Å². The molecule has 1 N–H and O–H groups in total. The molecule has 6 nitrogen and oxygen atoms in total. The van der Waals surface area contributed by atoms with Crippen LogP contribution in [0.3, 0.4) is 0 Å². The van der Waals surface area contributed by atoms with E-state index in [-0.39, 0.29) is 5.56 Å². The lowest BCUT2D eigenvalue weighted by molar-refractivity contribution is 0.241. The number of thiophene rings is 1. The molecule has 5 rings (SSSR count). The molecule has 7 heteroatoms. The van der Waals surface area contributed by atoms with Gasteiger partial charge in [-0.15, -0.1) is 11.3 Å². The van der Waals surface area contributed by atoms with Crippen LogP contribution in [-0.2, 0) is 19.5 Å². The van der Waals surface area contributed by atoms with E-state index in [1.165, 1.54) is 0 Å². The van der Waals surface area contributed by atoms with E-state index in [0.717, 1.165) is 46.1 Å². The minimum atomic E-state index is -0.0428. The molecule has 0 saturated carbocycles. The molecular formula is C22H19N5OS. The number of aromatic nitrogens is 4. The lowest BCUT2D eigenvalue weighted by Gasteiger charge is -2.27. The van der Waals surface area contributed by atoms with Crippen LogP contribution in [0.1, 0.15) is 16.8 Å². The molecule has 0 amide bonds. The van der Waals surface area contributed by atoms with E-state index in [1.54, 1.807) is 11.3 Å². The van der Waals surface area contributed by atoms with Gasteiger partial charge in [-0.1, -0.05) is 36.4 Å². The maximum atomic E-state index is 12.6. The number of rotatable bonds is 4. The summed E-state index contributed by atoms with van der Waals surface area (Å²) in [6, 6.07) is 13.9. The molecule has 0 bridgehead atoms. The average molecular weight is 401 g/mol. The third-order valence-electron chi connectivity index (χ3n) is 5.05. The molecule has 0 fully saturated rings. The minimum absolute atomic E-state index is 0.0428. The van der Waals surface area contributed by atoms with E-state index < -0.39 is 0 Å². The lowest BCUT2D eigenvalue weighted by atomic mass is 10.1. The molecule has 4 heterocycles. The van der Waals surface area contributed by atoms with E-state index in [4.69, 9.17) is 4.98 Å². The summed E-state index contributed by atoms with van der Waals surface area (Å²) < 4.78 is 0. The maximum Gasteiger partial charge on any atom is 0.255 e. The van der Waals surface area contributed by atoms with E-state index >= 15 is 0 Å². The Bertz CT molecular complexity index is 1170. The van der Waals surface area contributed by atoms with Crippen LogP contribution in [0, 0.1) is 0 Å². The zero-order valence-electron chi connectivity index (χ0n) is 15.7. The van der Waals surface area contributed by atoms with Crippen molar-refractivity contribution in [3.63, 3.8) is 0 Å². The fourth-order valence-corrected chi connectivity index (χ4v) is 4.25. The summed E-state index contributed by atoms with van der Waals surface area (Å²) in [5, 5.41) is 1.99. The van der Waals surface area contributed by atoms with Crippen LogP contribution in [0.5, 0.6) is 0 Å². The molecule has 144 valence electrons. The van der Waals surface area contributed by atoms with Gasteiger partial charge in [-0.25, -0.2) is 15.0 Å². The van der Waals surface area contributed by atoms with Crippen LogP contribution in [0.4, 0.5) is 0 Å². The molecule has 0 aliphatic carbocycles. The first-order valence-electron chi connectivity index (χ1n) is 9.51. The molecule has 3 aromatic heterocycles. The second-order valence-corrected chi connectivity index (χ2v) is 8.01. The van der Waals surface area contributed by atoms with Crippen molar-refractivity contribution in [2.45, 2.75) is 19.5 Å². The van der Waals surface area contributed by atoms with Gasteiger partial charge in [0.05, 0.1) is 16.1 Å². The molecular weight excluding hydrogens is 382 g/mol. The molecule has 1 aliphatic rings. The second kappa shape index (κ2) is 7.69. The zero-order valence-corrected chi connectivity index (χ0v) is 16.5. The first-order valence-corrected chi connectivity index (χ1v) is 10.4. The quantitative estimate of drug-likeness (QED) is 0.566. The van der Waals surface area contributed by atoms with Gasteiger partial charge >= 0.3 is 0 Å². The largest absolute Gasteiger partial charge is 0.306 e. The van der Waals surface area contributed by atoms with E-state index in [2.05, 4.69) is 19.9 Å². The molecule has 0 atom stereocenters. The normalized spacial score (nSPS) is 13.9. The van der Waals surface area contributed by atoms with Gasteiger partial charge in [0.25, 0.3) is 5.56 Å². The lowest BCUT2D eigenvalue weighted by Crippen LogP contribution is -2.35. The molecule has 0 unspecified atom stereocenters. The average Bonchev–Trinajstić information content (AvgIpc) is 3.30. The highest BCUT2D eigenvalue weighted by atomic mass is 32.1. The predicted octanol–water partition coefficient (Wildman–Crippen LogP) is 3.51. The SMILES string of the molecule is O=c1[nH]c(-c2cccs2)nc2c1CN(Cc1cnc(-c3ccccc3)nc1)CC2. The number of hydrogen-bond acceptors (Lipinski definition) is 6. The Balaban J connectivity index is 1.32. The van der Waals surface area contributed by atoms with Gasteiger partial charge in [-0.2, -0.15) is 0 Å². The van der Waals surface area contributed by atoms with Crippen LogP contribution in [-0.4, -0.2) is 31.4 Å². The van der Waals surface area contributed by atoms with Gasteiger partial charge in [-0.3, -0.25) is 9.69 Å². The Morgan fingerprint density at radius 3 is 2.66 bits per heavy atom. The summed E-state index contributed by atoms with van der Waals surface area (Å²) in [4.78, 5) is 32.5. The number of fused-ring (bicyclic) bond motifs is 1. The Labute approximate surface area is 171 Å². The standard InChI is InChI=1S/C22H19N5OS/c28-22-17-14-27(9-8-18(17)25-21(26-22)19-7-4-10-29-19)13-15-11-23-20(24-12-15)16-5-2-1-3-6-16/h1-7,10-12H,8-9,13-14H2,(H,25,26,28). The first kappa shape index (κ1) is 17.9. The summed E-state index contributed by atoms with van der Waals surface area (Å²) in [7, 11) is 0. The van der Waals surface area contributed by atoms with Crippen molar-refractivity contribution in [3.05, 3.63) is 87.4 Å². The molecule has 0 spiro atoms. The minimum Gasteiger partial charge on any atom is -0.306 e. The summed E-state index contributed by atoms with van der Waals surface area (Å²) in [5.74, 6) is 1.39. The van der Waals surface area contributed by atoms with Gasteiger partial charge in [0.1, 0.15) is 0 Å². The molecule has 1 aliphatic heterocycles. The van der Waals surface area contributed by atoms with Gasteiger partial charge in [0, 0.05) is 49.6 Å². The molecule has 1 aromatic carbocycles. The number of aromatic amines is 1. The number of benzene rings is 1. The van der Waals surface area contributed by atoms with Crippen molar-refractivity contribution >= 4 is 11.3 Å². The van der Waals surface area contributed by atoms with Crippen molar-refractivity contribution in [2.24, 2.45) is 0 Å². The van der Waals surface area contributed by atoms with Crippen LogP contribution in [0.15, 0.2) is 65.0 Å². The van der Waals surface area contributed by atoms with Crippen LogP contribution in [0.25, 0.3) is 22.1 Å². The Kier molecular flexibility index (Phi) is 4.75. The summed E-state index contributed by atoms with van der Waals surface area (Å²) in [5.41, 5.74) is 3.67. The van der Waals surface area contributed by atoms with Gasteiger partial charge in [0.2, 0.25) is 0 Å². The summed E-state index contributed by atoms with van der Waals surface area (Å²) in [6.45, 7) is 2.15. The monoisotopic (exact) mass is 401 g/mol. The first-order chi connectivity index (χ1) is 14.3. The maximum absolute atomic E-state index is 12.6. The van der Waals surface area contributed by atoms with Crippen molar-refractivity contribution in [2.75, 3.05) is 6.54 Å². The van der Waals surface area contributed by atoms with Crippen molar-refractivity contribution in [1.82, 2.24) is 24.8 Å². The van der Waals surface area contributed by atoms with E-state index in [9.17, 15) is 4.79 Å². The van der Waals surface area contributed by atoms with E-state index in [1.807, 2.05) is 60.2 Å². The number of nitrogens with one attached hydrogen (secondary N) is 1. The molecule has 0 radical (unpaired) electrons. The second-order valence-electron chi connectivity index (χ2n) is 7.06. The van der Waals surface area contributed by atoms with Gasteiger partial charge in [0.15, 0.2) is 11.6 Å². The van der Waals surface area contributed by atoms with E-state index in [0.29, 0.717) is 18.9 Å². The topological polar surface area (TPSA) is 74.8 Å².